The highest BCUT2D eigenvalue weighted by molar-refractivity contribution is 5.87. The molecule has 4 aliphatic rings. The summed E-state index contributed by atoms with van der Waals surface area (Å²) in [6.45, 7) is 4.97. The molecule has 2 N–H and O–H groups in total. The van der Waals surface area contributed by atoms with Gasteiger partial charge in [0.15, 0.2) is 0 Å². The average molecular weight is 310 g/mol. The van der Waals surface area contributed by atoms with Crippen molar-refractivity contribution >= 4 is 5.97 Å². The van der Waals surface area contributed by atoms with E-state index in [1.54, 1.807) is 6.92 Å². The van der Waals surface area contributed by atoms with E-state index in [1.165, 1.54) is 6.42 Å². The van der Waals surface area contributed by atoms with Crippen LogP contribution in [-0.4, -0.2) is 46.7 Å². The molecule has 4 aliphatic carbocycles. The van der Waals surface area contributed by atoms with Crippen molar-refractivity contribution in [2.24, 2.45) is 11.8 Å². The average Bonchev–Trinajstić information content (AvgIpc) is 2.42. The van der Waals surface area contributed by atoms with Gasteiger partial charge >= 0.3 is 5.97 Å². The van der Waals surface area contributed by atoms with Crippen LogP contribution >= 0.6 is 0 Å². The lowest BCUT2D eigenvalue weighted by Crippen LogP contribution is -2.62. The van der Waals surface area contributed by atoms with Gasteiger partial charge in [0.2, 0.25) is 0 Å². The third kappa shape index (κ3) is 2.82. The van der Waals surface area contributed by atoms with E-state index >= 15 is 0 Å². The van der Waals surface area contributed by atoms with Gasteiger partial charge in [0.05, 0.1) is 18.8 Å². The van der Waals surface area contributed by atoms with E-state index in [-0.39, 0.29) is 24.8 Å². The normalized spacial score (nSPS) is 39.3. The summed E-state index contributed by atoms with van der Waals surface area (Å²) in [7, 11) is 0. The van der Waals surface area contributed by atoms with E-state index in [9.17, 15) is 15.0 Å². The molecule has 4 rings (SSSR count). The topological polar surface area (TPSA) is 76.0 Å². The highest BCUT2D eigenvalue weighted by Gasteiger charge is 2.60. The molecule has 2 unspecified atom stereocenters. The maximum Gasteiger partial charge on any atom is 0.333 e. The molecule has 0 aromatic carbocycles. The van der Waals surface area contributed by atoms with Crippen molar-refractivity contribution in [3.8, 4) is 0 Å². The lowest BCUT2D eigenvalue weighted by molar-refractivity contribution is -0.250. The first-order valence-corrected chi connectivity index (χ1v) is 8.18. The van der Waals surface area contributed by atoms with E-state index in [1.807, 2.05) is 0 Å². The Morgan fingerprint density at radius 2 is 1.73 bits per heavy atom. The molecule has 0 spiro atoms. The summed E-state index contributed by atoms with van der Waals surface area (Å²) in [6.07, 6.45) is 4.96. The number of carbonyl (C=O) groups excluding carboxylic acids is 1. The number of aliphatic hydroxyl groups excluding tert-OH is 2. The highest BCUT2D eigenvalue weighted by Crippen LogP contribution is 2.60. The zero-order valence-electron chi connectivity index (χ0n) is 13.2. The fourth-order valence-corrected chi connectivity index (χ4v) is 5.12. The lowest BCUT2D eigenvalue weighted by Gasteiger charge is -2.61. The molecule has 0 aromatic heterocycles. The molecule has 0 aromatic rings. The minimum Gasteiger partial charge on any atom is -0.456 e. The number of hydrogen-bond donors (Lipinski definition) is 2. The van der Waals surface area contributed by atoms with Crippen LogP contribution in [0.3, 0.4) is 0 Å². The van der Waals surface area contributed by atoms with Gasteiger partial charge in [-0.2, -0.15) is 0 Å². The van der Waals surface area contributed by atoms with Crippen LogP contribution in [0.1, 0.15) is 45.4 Å². The third-order valence-electron chi connectivity index (χ3n) is 5.44. The van der Waals surface area contributed by atoms with Crippen molar-refractivity contribution in [3.05, 3.63) is 12.2 Å². The van der Waals surface area contributed by atoms with Gasteiger partial charge in [0, 0.05) is 12.0 Å². The van der Waals surface area contributed by atoms with Crippen molar-refractivity contribution < 1.29 is 24.5 Å². The predicted octanol–water partition coefficient (Wildman–Crippen LogP) is 1.57. The van der Waals surface area contributed by atoms with E-state index in [4.69, 9.17) is 9.47 Å². The highest BCUT2D eigenvalue weighted by atomic mass is 16.6. The summed E-state index contributed by atoms with van der Waals surface area (Å²) >= 11 is 0. The summed E-state index contributed by atoms with van der Waals surface area (Å²) in [5, 5.41) is 18.7. The van der Waals surface area contributed by atoms with Crippen molar-refractivity contribution in [2.45, 2.75) is 62.8 Å². The lowest BCUT2D eigenvalue weighted by atomic mass is 9.52. The minimum absolute atomic E-state index is 0.188. The maximum absolute atomic E-state index is 12.0. The zero-order chi connectivity index (χ0) is 16.0. The van der Waals surface area contributed by atoms with E-state index in [0.29, 0.717) is 23.8 Å². The Morgan fingerprint density at radius 3 is 2.23 bits per heavy atom. The van der Waals surface area contributed by atoms with Crippen LogP contribution in [0, 0.1) is 11.8 Å². The molecule has 4 saturated carbocycles. The Bertz CT molecular complexity index is 454. The van der Waals surface area contributed by atoms with Crippen LogP contribution in [0.25, 0.3) is 0 Å². The van der Waals surface area contributed by atoms with Gasteiger partial charge in [-0.05, 0) is 50.9 Å². The van der Waals surface area contributed by atoms with Crippen LogP contribution in [0.2, 0.25) is 0 Å². The second-order valence-electron chi connectivity index (χ2n) is 7.60. The van der Waals surface area contributed by atoms with E-state index < -0.39 is 11.7 Å². The maximum atomic E-state index is 12.0. The van der Waals surface area contributed by atoms with Gasteiger partial charge in [-0.3, -0.25) is 0 Å². The summed E-state index contributed by atoms with van der Waals surface area (Å²) in [4.78, 5) is 12.0. The first-order chi connectivity index (χ1) is 10.4. The second kappa shape index (κ2) is 5.62. The molecule has 2 atom stereocenters. The van der Waals surface area contributed by atoms with Gasteiger partial charge in [-0.15, -0.1) is 0 Å². The molecule has 4 bridgehead atoms. The number of esters is 1. The van der Waals surface area contributed by atoms with Crippen LogP contribution in [0.15, 0.2) is 12.2 Å². The van der Waals surface area contributed by atoms with Crippen molar-refractivity contribution in [3.63, 3.8) is 0 Å². The largest absolute Gasteiger partial charge is 0.456 e. The SMILES string of the molecule is C=C(C)C(=O)OC12CC3CC(C1)CC(OC(CO)CO)(C3)C2. The Labute approximate surface area is 131 Å². The molecule has 5 heteroatoms. The third-order valence-corrected chi connectivity index (χ3v) is 5.44. The van der Waals surface area contributed by atoms with Gasteiger partial charge < -0.3 is 19.7 Å². The zero-order valence-corrected chi connectivity index (χ0v) is 13.2. The monoisotopic (exact) mass is 310 g/mol. The van der Waals surface area contributed by atoms with Crippen molar-refractivity contribution in [1.82, 2.24) is 0 Å². The van der Waals surface area contributed by atoms with Crippen LogP contribution in [-0.2, 0) is 14.3 Å². The molecule has 22 heavy (non-hydrogen) atoms. The van der Waals surface area contributed by atoms with Crippen molar-refractivity contribution in [2.75, 3.05) is 13.2 Å². The first-order valence-electron chi connectivity index (χ1n) is 8.18. The molecule has 0 heterocycles. The van der Waals surface area contributed by atoms with Gasteiger partial charge in [0.1, 0.15) is 11.7 Å². The van der Waals surface area contributed by atoms with Crippen LogP contribution in [0.4, 0.5) is 0 Å². The summed E-state index contributed by atoms with van der Waals surface area (Å²) in [6, 6.07) is 0. The number of rotatable bonds is 6. The Balaban J connectivity index is 1.80. The van der Waals surface area contributed by atoms with Crippen LogP contribution in [0.5, 0.6) is 0 Å². The Morgan fingerprint density at radius 1 is 1.18 bits per heavy atom. The van der Waals surface area contributed by atoms with E-state index in [0.717, 1.165) is 25.7 Å². The number of ether oxygens (including phenoxy) is 2. The smallest absolute Gasteiger partial charge is 0.333 e. The van der Waals surface area contributed by atoms with Gasteiger partial charge in [-0.1, -0.05) is 6.58 Å². The molecule has 0 aliphatic heterocycles. The quantitative estimate of drug-likeness (QED) is 0.575. The first kappa shape index (κ1) is 16.0. The molecule has 0 radical (unpaired) electrons. The minimum atomic E-state index is -0.551. The fraction of sp³-hybridized carbons (Fsp3) is 0.824. The summed E-state index contributed by atoms with van der Waals surface area (Å²) in [5.41, 5.74) is -0.389. The van der Waals surface area contributed by atoms with Gasteiger partial charge in [-0.25, -0.2) is 4.79 Å². The summed E-state index contributed by atoms with van der Waals surface area (Å²) in [5.74, 6) is 0.674. The fourth-order valence-electron chi connectivity index (χ4n) is 5.12. The molecular weight excluding hydrogens is 284 g/mol. The molecule has 0 saturated heterocycles. The molecular formula is C17H26O5. The second-order valence-corrected chi connectivity index (χ2v) is 7.60. The van der Waals surface area contributed by atoms with Gasteiger partial charge in [0.25, 0.3) is 0 Å². The predicted molar refractivity (Wildman–Crippen MR) is 80.1 cm³/mol. The number of aliphatic hydroxyl groups is 2. The molecule has 124 valence electrons. The molecule has 4 fully saturated rings. The Hall–Kier alpha value is -0.910. The summed E-state index contributed by atoms with van der Waals surface area (Å²) < 4.78 is 11.9. The van der Waals surface area contributed by atoms with E-state index in [2.05, 4.69) is 6.58 Å². The number of hydrogen-bond acceptors (Lipinski definition) is 5. The molecule has 5 nitrogen and oxygen atoms in total. The van der Waals surface area contributed by atoms with Crippen molar-refractivity contribution in [1.29, 1.82) is 0 Å². The Kier molecular flexibility index (Phi) is 4.08. The number of carbonyl (C=O) groups is 1. The van der Waals surface area contributed by atoms with Crippen LogP contribution < -0.4 is 0 Å². The molecule has 0 amide bonds. The standard InChI is InChI=1S/C17H26O5/c1-11(2)15(20)22-17-6-12-3-13(7-17)5-16(4-12,10-17)21-14(8-18)9-19/h12-14,18-19H,1,3-10H2,2H3.